The lowest BCUT2D eigenvalue weighted by Crippen LogP contribution is -2.26. The van der Waals surface area contributed by atoms with Gasteiger partial charge in [0.2, 0.25) is 0 Å². The van der Waals surface area contributed by atoms with Crippen molar-refractivity contribution < 1.29 is 13.2 Å². The van der Waals surface area contributed by atoms with Gasteiger partial charge in [-0.15, -0.1) is 0 Å². The van der Waals surface area contributed by atoms with Crippen molar-refractivity contribution in [3.8, 4) is 0 Å². The summed E-state index contributed by atoms with van der Waals surface area (Å²) >= 11 is 6.02. The van der Waals surface area contributed by atoms with Gasteiger partial charge >= 0.3 is 0 Å². The Labute approximate surface area is 169 Å². The van der Waals surface area contributed by atoms with E-state index < -0.39 is 10.0 Å². The molecule has 0 aliphatic heterocycles. The highest BCUT2D eigenvalue weighted by Gasteiger charge is 2.17. The Bertz CT molecular complexity index is 1070. The zero-order valence-electron chi connectivity index (χ0n) is 14.9. The van der Waals surface area contributed by atoms with Crippen LogP contribution in [0, 0.1) is 0 Å². The minimum atomic E-state index is -3.87. The van der Waals surface area contributed by atoms with Crippen molar-refractivity contribution in [2.24, 2.45) is 0 Å². The van der Waals surface area contributed by atoms with E-state index in [0.717, 1.165) is 5.56 Å². The number of anilines is 1. The second-order valence-electron chi connectivity index (χ2n) is 6.10. The molecular formula is C21H19ClN2O3S. The first-order valence-corrected chi connectivity index (χ1v) is 10.5. The van der Waals surface area contributed by atoms with Gasteiger partial charge in [0.25, 0.3) is 15.9 Å². The predicted octanol–water partition coefficient (Wildman–Crippen LogP) is 4.11. The third kappa shape index (κ3) is 5.12. The molecule has 0 heterocycles. The van der Waals surface area contributed by atoms with E-state index in [1.165, 1.54) is 18.2 Å². The fourth-order valence-corrected chi connectivity index (χ4v) is 3.98. The molecule has 28 heavy (non-hydrogen) atoms. The maximum Gasteiger partial charge on any atom is 0.261 e. The number of benzene rings is 3. The predicted molar refractivity (Wildman–Crippen MR) is 111 cm³/mol. The molecule has 7 heteroatoms. The molecule has 3 aromatic rings. The maximum absolute atomic E-state index is 12.6. The van der Waals surface area contributed by atoms with Gasteiger partial charge < -0.3 is 5.32 Å². The minimum absolute atomic E-state index is 0.0110. The number of carbonyl (C=O) groups excluding carboxylic acids is 1. The Kier molecular flexibility index (Phi) is 6.34. The molecule has 5 nitrogen and oxygen atoms in total. The van der Waals surface area contributed by atoms with Crippen molar-refractivity contribution in [3.05, 3.63) is 95.0 Å². The van der Waals surface area contributed by atoms with E-state index in [1.807, 2.05) is 30.3 Å². The van der Waals surface area contributed by atoms with Crippen LogP contribution < -0.4 is 10.0 Å². The first-order valence-electron chi connectivity index (χ1n) is 8.65. The molecule has 3 rings (SSSR count). The van der Waals surface area contributed by atoms with Gasteiger partial charge in [0, 0.05) is 12.1 Å². The van der Waals surface area contributed by atoms with E-state index in [4.69, 9.17) is 11.6 Å². The van der Waals surface area contributed by atoms with E-state index in [2.05, 4.69) is 10.0 Å². The van der Waals surface area contributed by atoms with Crippen LogP contribution in [0.15, 0.2) is 83.8 Å². The molecule has 144 valence electrons. The van der Waals surface area contributed by atoms with E-state index in [1.54, 1.807) is 30.3 Å². The van der Waals surface area contributed by atoms with Crippen molar-refractivity contribution in [1.29, 1.82) is 0 Å². The first kappa shape index (κ1) is 19.9. The van der Waals surface area contributed by atoms with Crippen LogP contribution in [0.3, 0.4) is 0 Å². The van der Waals surface area contributed by atoms with Crippen molar-refractivity contribution in [2.75, 3.05) is 11.3 Å². The first-order chi connectivity index (χ1) is 13.5. The summed E-state index contributed by atoms with van der Waals surface area (Å²) in [5.74, 6) is -0.328. The highest BCUT2D eigenvalue weighted by molar-refractivity contribution is 7.92. The molecule has 0 aromatic heterocycles. The topological polar surface area (TPSA) is 75.3 Å². The number of halogens is 1. The van der Waals surface area contributed by atoms with Crippen LogP contribution in [0.1, 0.15) is 15.9 Å². The molecule has 0 bridgehead atoms. The summed E-state index contributed by atoms with van der Waals surface area (Å²) in [6, 6.07) is 22.2. The molecule has 0 aliphatic rings. The molecule has 0 saturated carbocycles. The van der Waals surface area contributed by atoms with Gasteiger partial charge in [0.15, 0.2) is 0 Å². The fourth-order valence-electron chi connectivity index (χ4n) is 2.62. The van der Waals surface area contributed by atoms with E-state index in [-0.39, 0.29) is 22.1 Å². The van der Waals surface area contributed by atoms with Crippen LogP contribution in [0.25, 0.3) is 0 Å². The van der Waals surface area contributed by atoms with Crippen molar-refractivity contribution in [2.45, 2.75) is 11.3 Å². The van der Waals surface area contributed by atoms with Crippen LogP contribution in [0.2, 0.25) is 5.02 Å². The zero-order chi connectivity index (χ0) is 20.0. The van der Waals surface area contributed by atoms with Crippen LogP contribution in [-0.4, -0.2) is 20.9 Å². The number of hydrogen-bond donors (Lipinski definition) is 2. The second kappa shape index (κ2) is 8.91. The zero-order valence-corrected chi connectivity index (χ0v) is 16.5. The molecule has 0 unspecified atom stereocenters. The summed E-state index contributed by atoms with van der Waals surface area (Å²) in [5, 5.41) is 3.10. The summed E-state index contributed by atoms with van der Waals surface area (Å²) < 4.78 is 27.7. The number of rotatable bonds is 7. The summed E-state index contributed by atoms with van der Waals surface area (Å²) in [6.45, 7) is 0.456. The largest absolute Gasteiger partial charge is 0.352 e. The summed E-state index contributed by atoms with van der Waals surface area (Å²) in [6.07, 6.45) is 0.693. The highest BCUT2D eigenvalue weighted by atomic mass is 35.5. The third-order valence-electron chi connectivity index (χ3n) is 4.07. The second-order valence-corrected chi connectivity index (χ2v) is 8.19. The monoisotopic (exact) mass is 414 g/mol. The van der Waals surface area contributed by atoms with Gasteiger partial charge in [-0.25, -0.2) is 8.42 Å². The van der Waals surface area contributed by atoms with E-state index in [0.29, 0.717) is 18.0 Å². The molecule has 2 N–H and O–H groups in total. The van der Waals surface area contributed by atoms with Crippen molar-refractivity contribution in [3.63, 3.8) is 0 Å². The lowest BCUT2D eigenvalue weighted by atomic mass is 10.1. The molecule has 0 spiro atoms. The number of sulfonamides is 1. The lowest BCUT2D eigenvalue weighted by molar-refractivity contribution is 0.0954. The summed E-state index contributed by atoms with van der Waals surface area (Å²) in [7, 11) is -3.87. The average Bonchev–Trinajstić information content (AvgIpc) is 2.70. The van der Waals surface area contributed by atoms with E-state index in [9.17, 15) is 13.2 Å². The van der Waals surface area contributed by atoms with Crippen molar-refractivity contribution in [1.82, 2.24) is 5.32 Å². The maximum atomic E-state index is 12.6. The number of hydrogen-bond acceptors (Lipinski definition) is 3. The Balaban J connectivity index is 1.69. The Morgan fingerprint density at radius 1 is 0.893 bits per heavy atom. The summed E-state index contributed by atoms with van der Waals surface area (Å²) in [5.41, 5.74) is 1.67. The van der Waals surface area contributed by atoms with Gasteiger partial charge in [0.05, 0.1) is 15.6 Å². The molecular weight excluding hydrogens is 396 g/mol. The van der Waals surface area contributed by atoms with Gasteiger partial charge in [-0.2, -0.15) is 0 Å². The molecule has 0 radical (unpaired) electrons. The SMILES string of the molecule is O=C(NCCc1ccccc1)c1cccc(S(=O)(=O)Nc2ccccc2Cl)c1. The highest BCUT2D eigenvalue weighted by Crippen LogP contribution is 2.24. The van der Waals surface area contributed by atoms with Crippen molar-refractivity contribution >= 4 is 33.2 Å². The van der Waals surface area contributed by atoms with Crippen LogP contribution in [0.4, 0.5) is 5.69 Å². The van der Waals surface area contributed by atoms with Crippen LogP contribution in [-0.2, 0) is 16.4 Å². The average molecular weight is 415 g/mol. The number of para-hydroxylation sites is 1. The number of amides is 1. The third-order valence-corrected chi connectivity index (χ3v) is 5.76. The Morgan fingerprint density at radius 3 is 2.36 bits per heavy atom. The molecule has 0 aliphatic carbocycles. The summed E-state index contributed by atoms with van der Waals surface area (Å²) in [4.78, 5) is 12.4. The molecule has 0 atom stereocenters. The molecule has 1 amide bonds. The molecule has 3 aromatic carbocycles. The van der Waals surface area contributed by atoms with Gasteiger partial charge in [0.1, 0.15) is 0 Å². The fraction of sp³-hybridized carbons (Fsp3) is 0.0952. The van der Waals surface area contributed by atoms with Gasteiger partial charge in [-0.3, -0.25) is 9.52 Å². The standard InChI is InChI=1S/C21H19ClN2O3S/c22-19-11-4-5-12-20(19)24-28(26,27)18-10-6-9-17(15-18)21(25)23-14-13-16-7-2-1-3-8-16/h1-12,15,24H,13-14H2,(H,23,25). The smallest absolute Gasteiger partial charge is 0.261 e. The number of carbonyl (C=O) groups is 1. The Morgan fingerprint density at radius 2 is 1.61 bits per heavy atom. The lowest BCUT2D eigenvalue weighted by Gasteiger charge is -2.11. The Hall–Kier alpha value is -2.83. The molecule has 0 saturated heterocycles. The van der Waals surface area contributed by atoms with Gasteiger partial charge in [-0.1, -0.05) is 60.1 Å². The number of nitrogens with one attached hydrogen (secondary N) is 2. The minimum Gasteiger partial charge on any atom is -0.352 e. The van der Waals surface area contributed by atoms with Gasteiger partial charge in [-0.05, 0) is 42.3 Å². The molecule has 0 fully saturated rings. The van der Waals surface area contributed by atoms with E-state index >= 15 is 0 Å². The normalized spacial score (nSPS) is 11.0. The quantitative estimate of drug-likeness (QED) is 0.610. The van der Waals surface area contributed by atoms with Crippen LogP contribution in [0.5, 0.6) is 0 Å². The van der Waals surface area contributed by atoms with Crippen LogP contribution >= 0.6 is 11.6 Å².